The van der Waals surface area contributed by atoms with Crippen LogP contribution >= 0.6 is 38.9 Å². The van der Waals surface area contributed by atoms with E-state index < -0.39 is 6.61 Å². The summed E-state index contributed by atoms with van der Waals surface area (Å²) < 4.78 is 29.9. The molecule has 2 aromatic rings. The summed E-state index contributed by atoms with van der Waals surface area (Å²) in [6.45, 7) is -0.416. The molecule has 0 saturated heterocycles. The van der Waals surface area contributed by atoms with Crippen molar-refractivity contribution < 1.29 is 13.5 Å². The molecule has 1 aromatic heterocycles. The van der Waals surface area contributed by atoms with E-state index in [1.54, 1.807) is 23.6 Å². The molecule has 0 bridgehead atoms. The molecule has 21 heavy (non-hydrogen) atoms. The van der Waals surface area contributed by atoms with Gasteiger partial charge in [0.2, 0.25) is 0 Å². The number of benzene rings is 1. The molecule has 1 aromatic carbocycles. The molecule has 0 fully saturated rings. The van der Waals surface area contributed by atoms with Crippen LogP contribution in [0.4, 0.5) is 14.5 Å². The number of nitrogens with zero attached hydrogens (tertiary/aromatic N) is 1. The smallest absolute Gasteiger partial charge is 0.387 e. The van der Waals surface area contributed by atoms with E-state index in [0.29, 0.717) is 21.7 Å². The van der Waals surface area contributed by atoms with Crippen LogP contribution in [-0.2, 0) is 13.0 Å². The molecule has 0 unspecified atom stereocenters. The molecule has 114 valence electrons. The molecule has 0 atom stereocenters. The summed E-state index contributed by atoms with van der Waals surface area (Å²) in [7, 11) is 0. The van der Waals surface area contributed by atoms with Gasteiger partial charge in [-0.15, -0.1) is 11.3 Å². The molecule has 1 N–H and O–H groups in total. The lowest BCUT2D eigenvalue weighted by atomic mass is 10.3. The number of anilines is 1. The maximum atomic E-state index is 12.5. The Hall–Kier alpha value is -0.920. The number of aromatic nitrogens is 1. The predicted molar refractivity (Wildman–Crippen MR) is 84.6 cm³/mol. The number of thiazole rings is 1. The highest BCUT2D eigenvalue weighted by Crippen LogP contribution is 2.37. The maximum Gasteiger partial charge on any atom is 0.387 e. The van der Waals surface area contributed by atoms with Crippen molar-refractivity contribution in [2.45, 2.75) is 26.5 Å². The molecule has 0 aliphatic heterocycles. The standard InChI is InChI=1S/C13H12BrClF2N2OS/c1-2-11-19-6-8(21-11)5-18-10-4-7(15)3-9(14)12(10)20-13(16)17/h3-4,6,13,18H,2,5H2,1H3. The van der Waals surface area contributed by atoms with Gasteiger partial charge in [-0.1, -0.05) is 18.5 Å². The zero-order chi connectivity index (χ0) is 15.4. The van der Waals surface area contributed by atoms with Crippen molar-refractivity contribution >= 4 is 44.6 Å². The fraction of sp³-hybridized carbons (Fsp3) is 0.308. The van der Waals surface area contributed by atoms with Crippen molar-refractivity contribution in [2.75, 3.05) is 5.32 Å². The number of hydrogen-bond acceptors (Lipinski definition) is 4. The monoisotopic (exact) mass is 396 g/mol. The first-order valence-electron chi connectivity index (χ1n) is 6.11. The van der Waals surface area contributed by atoms with E-state index in [1.807, 2.05) is 6.92 Å². The summed E-state index contributed by atoms with van der Waals surface area (Å²) in [6, 6.07) is 3.05. The lowest BCUT2D eigenvalue weighted by Crippen LogP contribution is -2.07. The van der Waals surface area contributed by atoms with Crippen LogP contribution in [0.2, 0.25) is 5.02 Å². The fourth-order valence-corrected chi connectivity index (χ4v) is 3.38. The van der Waals surface area contributed by atoms with Crippen molar-refractivity contribution in [2.24, 2.45) is 0 Å². The van der Waals surface area contributed by atoms with Crippen LogP contribution in [0.25, 0.3) is 0 Å². The van der Waals surface area contributed by atoms with E-state index in [1.165, 1.54) is 6.07 Å². The Labute approximate surface area is 138 Å². The number of halogens is 4. The molecular formula is C13H12BrClF2N2OS. The zero-order valence-electron chi connectivity index (χ0n) is 11.0. The second-order valence-corrected chi connectivity index (χ2v) is 6.56. The Morgan fingerprint density at radius 1 is 1.48 bits per heavy atom. The molecule has 3 nitrogen and oxygen atoms in total. The highest BCUT2D eigenvalue weighted by molar-refractivity contribution is 9.10. The van der Waals surface area contributed by atoms with Crippen molar-refractivity contribution in [3.63, 3.8) is 0 Å². The summed E-state index contributed by atoms with van der Waals surface area (Å²) >= 11 is 10.7. The minimum atomic E-state index is -2.90. The van der Waals surface area contributed by atoms with Gasteiger partial charge in [0, 0.05) is 16.1 Å². The third-order valence-electron chi connectivity index (χ3n) is 2.57. The number of hydrogen-bond donors (Lipinski definition) is 1. The molecule has 0 saturated carbocycles. The highest BCUT2D eigenvalue weighted by Gasteiger charge is 2.15. The Morgan fingerprint density at radius 2 is 2.24 bits per heavy atom. The molecule has 8 heteroatoms. The van der Waals surface area contributed by atoms with Gasteiger partial charge in [0.15, 0.2) is 5.75 Å². The number of ether oxygens (including phenoxy) is 1. The van der Waals surface area contributed by atoms with Crippen molar-refractivity contribution in [1.29, 1.82) is 0 Å². The van der Waals surface area contributed by atoms with Crippen molar-refractivity contribution in [1.82, 2.24) is 4.98 Å². The third-order valence-corrected chi connectivity index (χ3v) is 4.52. The summed E-state index contributed by atoms with van der Waals surface area (Å²) in [5.74, 6) is 0.0367. The van der Waals surface area contributed by atoms with Gasteiger partial charge in [0.25, 0.3) is 0 Å². The quantitative estimate of drug-likeness (QED) is 0.715. The molecular weight excluding hydrogens is 386 g/mol. The zero-order valence-corrected chi connectivity index (χ0v) is 14.2. The van der Waals surface area contributed by atoms with Crippen LogP contribution in [0.15, 0.2) is 22.8 Å². The predicted octanol–water partition coefficient (Wildman–Crippen LogP) is 5.33. The van der Waals surface area contributed by atoms with E-state index in [2.05, 4.69) is 31.0 Å². The van der Waals surface area contributed by atoms with Gasteiger partial charge < -0.3 is 10.1 Å². The summed E-state index contributed by atoms with van der Waals surface area (Å²) in [4.78, 5) is 5.25. The average molecular weight is 398 g/mol. The Kier molecular flexibility index (Phi) is 5.78. The molecule has 0 amide bonds. The largest absolute Gasteiger partial charge is 0.431 e. The SMILES string of the molecule is CCc1ncc(CNc2cc(Cl)cc(Br)c2OC(F)F)s1. The fourth-order valence-electron chi connectivity index (χ4n) is 1.68. The second-order valence-electron chi connectivity index (χ2n) is 4.07. The first-order chi connectivity index (χ1) is 9.99. The van der Waals surface area contributed by atoms with Gasteiger partial charge in [-0.25, -0.2) is 4.98 Å². The van der Waals surface area contributed by atoms with Crippen LogP contribution in [0.3, 0.4) is 0 Å². The van der Waals surface area contributed by atoms with E-state index in [-0.39, 0.29) is 5.75 Å². The topological polar surface area (TPSA) is 34.2 Å². The summed E-state index contributed by atoms with van der Waals surface area (Å²) in [6.07, 6.45) is 2.64. The van der Waals surface area contributed by atoms with Gasteiger partial charge in [-0.05, 0) is 34.5 Å². The minimum Gasteiger partial charge on any atom is -0.431 e. The average Bonchev–Trinajstić information content (AvgIpc) is 2.87. The number of rotatable bonds is 6. The minimum absolute atomic E-state index is 0.0367. The van der Waals surface area contributed by atoms with Crippen molar-refractivity contribution in [3.8, 4) is 5.75 Å². The lowest BCUT2D eigenvalue weighted by molar-refractivity contribution is -0.0498. The summed E-state index contributed by atoms with van der Waals surface area (Å²) in [5, 5.41) is 4.50. The van der Waals surface area contributed by atoms with E-state index in [9.17, 15) is 8.78 Å². The second kappa shape index (κ2) is 7.38. The molecule has 0 aliphatic rings. The lowest BCUT2D eigenvalue weighted by Gasteiger charge is -2.14. The first kappa shape index (κ1) is 16.5. The van der Waals surface area contributed by atoms with Crippen LogP contribution in [0.5, 0.6) is 5.75 Å². The normalized spacial score (nSPS) is 11.0. The molecule has 0 spiro atoms. The van der Waals surface area contributed by atoms with Crippen LogP contribution < -0.4 is 10.1 Å². The first-order valence-corrected chi connectivity index (χ1v) is 8.09. The van der Waals surface area contributed by atoms with Gasteiger partial charge in [-0.2, -0.15) is 8.78 Å². The number of aryl methyl sites for hydroxylation is 1. The molecule has 0 aliphatic carbocycles. The Balaban J connectivity index is 2.17. The Bertz CT molecular complexity index is 624. The third kappa shape index (κ3) is 4.52. The van der Waals surface area contributed by atoms with E-state index >= 15 is 0 Å². The highest BCUT2D eigenvalue weighted by atomic mass is 79.9. The molecule has 0 radical (unpaired) electrons. The van der Waals surface area contributed by atoms with Crippen molar-refractivity contribution in [3.05, 3.63) is 37.7 Å². The molecule has 1 heterocycles. The van der Waals surface area contributed by atoms with Crippen LogP contribution in [-0.4, -0.2) is 11.6 Å². The Morgan fingerprint density at radius 3 is 2.86 bits per heavy atom. The van der Waals surface area contributed by atoms with Crippen LogP contribution in [0, 0.1) is 0 Å². The number of nitrogens with one attached hydrogen (secondary N) is 1. The van der Waals surface area contributed by atoms with Gasteiger partial charge >= 0.3 is 6.61 Å². The maximum absolute atomic E-state index is 12.5. The summed E-state index contributed by atoms with van der Waals surface area (Å²) in [5.41, 5.74) is 0.404. The van der Waals surface area contributed by atoms with Gasteiger partial charge in [0.05, 0.1) is 21.7 Å². The van der Waals surface area contributed by atoms with E-state index in [4.69, 9.17) is 11.6 Å². The molecule has 2 rings (SSSR count). The number of alkyl halides is 2. The van der Waals surface area contributed by atoms with E-state index in [0.717, 1.165) is 16.3 Å². The van der Waals surface area contributed by atoms with Gasteiger partial charge in [0.1, 0.15) is 0 Å². The van der Waals surface area contributed by atoms with Crippen LogP contribution in [0.1, 0.15) is 16.8 Å². The van der Waals surface area contributed by atoms with Gasteiger partial charge in [-0.3, -0.25) is 0 Å².